The van der Waals surface area contributed by atoms with Crippen molar-refractivity contribution in [1.82, 2.24) is 15.5 Å². The summed E-state index contributed by atoms with van der Waals surface area (Å²) in [4.78, 5) is 89.3. The molecule has 0 aliphatic carbocycles. The lowest BCUT2D eigenvalue weighted by atomic mass is 9.95. The Balaban J connectivity index is 2.52. The quantitative estimate of drug-likeness (QED) is 0.155. The maximum Gasteiger partial charge on any atom is 0.408 e. The molecule has 2 aliphatic rings. The second kappa shape index (κ2) is 17.8. The molecule has 2 N–H and O–H groups in total. The van der Waals surface area contributed by atoms with Gasteiger partial charge in [0.2, 0.25) is 11.8 Å². The molecule has 270 valence electrons. The van der Waals surface area contributed by atoms with E-state index in [0.717, 1.165) is 20.8 Å². The minimum atomic E-state index is -1.54. The molecular weight excluding hydrogens is 638 g/mol. The molecule has 2 aliphatic heterocycles. The molecule has 0 aromatic heterocycles. The fraction of sp³-hybridized carbons (Fsp3) is 0.710. The van der Waals surface area contributed by atoms with Gasteiger partial charge < -0.3 is 48.7 Å². The SMILES string of the molecule is C=CCOC(=O)N[C@H](C(=O)N1CCC[C@H]1C(=O)OC(C)(C)C)[C@@H](C)O[C@H]1O[C@H](COC(C)=O)[C@H](OC(C)=O)[C@H](OC(C)=O)[C@H]1NC(C)=O. The van der Waals surface area contributed by atoms with Gasteiger partial charge in [0.25, 0.3) is 0 Å². The highest BCUT2D eigenvalue weighted by atomic mass is 16.7. The molecule has 48 heavy (non-hydrogen) atoms. The summed E-state index contributed by atoms with van der Waals surface area (Å²) in [6.07, 6.45) is -5.76. The van der Waals surface area contributed by atoms with Gasteiger partial charge in [-0.1, -0.05) is 12.7 Å². The number of esters is 4. The first kappa shape index (κ1) is 39.9. The molecule has 0 spiro atoms. The average molecular weight is 686 g/mol. The number of amides is 3. The van der Waals surface area contributed by atoms with E-state index >= 15 is 0 Å². The standard InChI is InChI=1S/C31H47N3O14/c1-10-14-42-30(41)33-23(27(39)34-13-11-12-21(34)28(40)48-31(7,8)9)16(2)44-29-24(32-17(3)35)26(46-20(6)38)25(45-19(5)37)22(47-29)15-43-18(4)36/h10,16,21-26,29H,1,11-15H2,2-9H3,(H,32,35)(H,33,41)/t16-,21+,22-,23+,24-,25+,26-,29+/m1/s1. The lowest BCUT2D eigenvalue weighted by Crippen LogP contribution is -2.67. The molecule has 0 unspecified atom stereocenters. The number of hydrogen-bond donors (Lipinski definition) is 2. The minimum Gasteiger partial charge on any atom is -0.463 e. The van der Waals surface area contributed by atoms with Gasteiger partial charge in [-0.05, 0) is 40.5 Å². The molecule has 3 amide bonds. The van der Waals surface area contributed by atoms with Gasteiger partial charge in [0.05, 0.1) is 6.10 Å². The van der Waals surface area contributed by atoms with Crippen molar-refractivity contribution in [3.05, 3.63) is 12.7 Å². The third kappa shape index (κ3) is 12.1. The van der Waals surface area contributed by atoms with Gasteiger partial charge in [0.1, 0.15) is 43.0 Å². The minimum absolute atomic E-state index is 0.173. The van der Waals surface area contributed by atoms with Gasteiger partial charge >= 0.3 is 30.0 Å². The number of carbonyl (C=O) groups excluding carboxylic acids is 7. The van der Waals surface area contributed by atoms with Crippen molar-refractivity contribution in [2.45, 2.75) is 123 Å². The van der Waals surface area contributed by atoms with E-state index in [2.05, 4.69) is 17.2 Å². The number of carbonyl (C=O) groups is 7. The predicted molar refractivity (Wildman–Crippen MR) is 164 cm³/mol. The van der Waals surface area contributed by atoms with Crippen LogP contribution in [0.5, 0.6) is 0 Å². The van der Waals surface area contributed by atoms with Crippen molar-refractivity contribution >= 4 is 41.8 Å². The Hall–Kier alpha value is -4.25. The summed E-state index contributed by atoms with van der Waals surface area (Å²) in [5, 5.41) is 5.04. The van der Waals surface area contributed by atoms with Crippen molar-refractivity contribution < 1.29 is 66.7 Å². The number of likely N-dealkylation sites (tertiary alicyclic amines) is 1. The average Bonchev–Trinajstić information content (AvgIpc) is 3.45. The van der Waals surface area contributed by atoms with Crippen LogP contribution >= 0.6 is 0 Å². The lowest BCUT2D eigenvalue weighted by molar-refractivity contribution is -0.287. The topological polar surface area (TPSA) is 211 Å². The molecule has 0 aromatic rings. The van der Waals surface area contributed by atoms with Crippen LogP contribution in [0.15, 0.2) is 12.7 Å². The first-order valence-corrected chi connectivity index (χ1v) is 15.5. The Bertz CT molecular complexity index is 1220. The van der Waals surface area contributed by atoms with Crippen molar-refractivity contribution in [3.8, 4) is 0 Å². The van der Waals surface area contributed by atoms with Crippen molar-refractivity contribution in [3.63, 3.8) is 0 Å². The number of nitrogens with zero attached hydrogens (tertiary/aromatic N) is 1. The van der Waals surface area contributed by atoms with Crippen LogP contribution in [0, 0.1) is 0 Å². The molecule has 17 nitrogen and oxygen atoms in total. The molecule has 2 saturated heterocycles. The molecular formula is C31H47N3O14. The molecule has 0 saturated carbocycles. The van der Waals surface area contributed by atoms with E-state index in [1.807, 2.05) is 0 Å². The van der Waals surface area contributed by atoms with Gasteiger partial charge in [0.15, 0.2) is 18.5 Å². The van der Waals surface area contributed by atoms with E-state index in [9.17, 15) is 33.6 Å². The van der Waals surface area contributed by atoms with Crippen molar-refractivity contribution in [2.24, 2.45) is 0 Å². The number of hydrogen-bond acceptors (Lipinski definition) is 14. The van der Waals surface area contributed by atoms with Crippen LogP contribution < -0.4 is 10.6 Å². The van der Waals surface area contributed by atoms with Crippen LogP contribution in [0.2, 0.25) is 0 Å². The molecule has 8 atom stereocenters. The Morgan fingerprint density at radius 1 is 0.958 bits per heavy atom. The smallest absolute Gasteiger partial charge is 0.408 e. The Labute approximate surface area is 279 Å². The largest absolute Gasteiger partial charge is 0.463 e. The second-order valence-corrected chi connectivity index (χ2v) is 12.3. The van der Waals surface area contributed by atoms with Gasteiger partial charge in [-0.3, -0.25) is 24.0 Å². The summed E-state index contributed by atoms with van der Waals surface area (Å²) in [5.74, 6) is -4.24. The number of rotatable bonds is 13. The summed E-state index contributed by atoms with van der Waals surface area (Å²) in [6, 6.07) is -3.77. The van der Waals surface area contributed by atoms with Crippen molar-refractivity contribution in [1.29, 1.82) is 0 Å². The van der Waals surface area contributed by atoms with E-state index in [4.69, 9.17) is 33.2 Å². The maximum absolute atomic E-state index is 14.1. The van der Waals surface area contributed by atoms with E-state index < -0.39 is 103 Å². The van der Waals surface area contributed by atoms with Gasteiger partial charge in [-0.25, -0.2) is 9.59 Å². The highest BCUT2D eigenvalue weighted by molar-refractivity contribution is 5.90. The third-order valence-corrected chi connectivity index (χ3v) is 6.98. The number of ether oxygens (including phenoxy) is 7. The Morgan fingerprint density at radius 3 is 2.12 bits per heavy atom. The zero-order valence-electron chi connectivity index (χ0n) is 28.6. The van der Waals surface area contributed by atoms with Gasteiger partial charge in [-0.2, -0.15) is 0 Å². The normalized spacial score (nSPS) is 25.0. The monoisotopic (exact) mass is 685 g/mol. The number of alkyl carbamates (subject to hydrolysis) is 1. The summed E-state index contributed by atoms with van der Waals surface area (Å²) < 4.78 is 38.8. The summed E-state index contributed by atoms with van der Waals surface area (Å²) in [7, 11) is 0. The molecule has 2 heterocycles. The van der Waals surface area contributed by atoms with E-state index in [0.29, 0.717) is 12.8 Å². The van der Waals surface area contributed by atoms with Crippen LogP contribution in [-0.4, -0.2) is 121 Å². The van der Waals surface area contributed by atoms with Crippen LogP contribution in [-0.2, 0) is 61.9 Å². The van der Waals surface area contributed by atoms with Crippen LogP contribution in [0.1, 0.15) is 68.2 Å². The molecule has 0 bridgehead atoms. The zero-order chi connectivity index (χ0) is 36.3. The summed E-state index contributed by atoms with van der Waals surface area (Å²) in [5.41, 5.74) is -0.820. The number of nitrogens with one attached hydrogen (secondary N) is 2. The van der Waals surface area contributed by atoms with Crippen molar-refractivity contribution in [2.75, 3.05) is 19.8 Å². The fourth-order valence-corrected chi connectivity index (χ4v) is 5.20. The highest BCUT2D eigenvalue weighted by Crippen LogP contribution is 2.30. The van der Waals surface area contributed by atoms with Crippen LogP contribution in [0.4, 0.5) is 4.79 Å². The zero-order valence-corrected chi connectivity index (χ0v) is 28.6. The van der Waals surface area contributed by atoms with E-state index in [1.54, 1.807) is 20.8 Å². The molecule has 0 radical (unpaired) electrons. The maximum atomic E-state index is 14.1. The first-order valence-electron chi connectivity index (χ1n) is 15.5. The van der Waals surface area contributed by atoms with Gasteiger partial charge in [-0.15, -0.1) is 0 Å². The first-order chi connectivity index (χ1) is 22.3. The highest BCUT2D eigenvalue weighted by Gasteiger charge is 2.52. The molecule has 17 heteroatoms. The van der Waals surface area contributed by atoms with Crippen LogP contribution in [0.3, 0.4) is 0 Å². The molecule has 0 aromatic carbocycles. The van der Waals surface area contributed by atoms with Gasteiger partial charge in [0, 0.05) is 34.2 Å². The van der Waals surface area contributed by atoms with E-state index in [-0.39, 0.29) is 13.2 Å². The predicted octanol–water partition coefficient (Wildman–Crippen LogP) is 0.661. The summed E-state index contributed by atoms with van der Waals surface area (Å²) >= 11 is 0. The third-order valence-electron chi connectivity index (χ3n) is 6.98. The molecule has 2 rings (SSSR count). The molecule has 2 fully saturated rings. The second-order valence-electron chi connectivity index (χ2n) is 12.3. The fourth-order valence-electron chi connectivity index (χ4n) is 5.20. The summed E-state index contributed by atoms with van der Waals surface area (Å²) in [6.45, 7) is 14.0. The Morgan fingerprint density at radius 2 is 1.58 bits per heavy atom. The van der Waals surface area contributed by atoms with E-state index in [1.165, 1.54) is 24.8 Å². The Kier molecular flexibility index (Phi) is 14.8. The van der Waals surface area contributed by atoms with Crippen LogP contribution in [0.25, 0.3) is 0 Å². The lowest BCUT2D eigenvalue weighted by Gasteiger charge is -2.46.